The molecule has 0 aromatic heterocycles. The fourth-order valence-corrected chi connectivity index (χ4v) is 0.672. The number of amides is 1. The summed E-state index contributed by atoms with van der Waals surface area (Å²) in [7, 11) is 1.76. The van der Waals surface area contributed by atoms with E-state index in [4.69, 9.17) is 5.11 Å². The van der Waals surface area contributed by atoms with Crippen LogP contribution in [0.2, 0.25) is 0 Å². The van der Waals surface area contributed by atoms with E-state index in [-0.39, 0.29) is 19.1 Å². The maximum Gasteiger partial charge on any atom is 0.221 e. The summed E-state index contributed by atoms with van der Waals surface area (Å²) < 4.78 is 0. The van der Waals surface area contributed by atoms with E-state index in [2.05, 4.69) is 10.6 Å². The third-order valence-electron chi connectivity index (χ3n) is 1.61. The first-order valence-corrected chi connectivity index (χ1v) is 4.26. The summed E-state index contributed by atoms with van der Waals surface area (Å²) in [6.07, 6.45) is 0.373. The molecule has 0 aromatic rings. The molecule has 1 atom stereocenters. The second-order valence-electron chi connectivity index (χ2n) is 3.29. The molecule has 0 spiro atoms. The normalized spacial score (nSPS) is 15.1. The zero-order chi connectivity index (χ0) is 10.3. The number of carbonyl (C=O) groups is 1. The van der Waals surface area contributed by atoms with E-state index in [1.807, 2.05) is 0 Å². The van der Waals surface area contributed by atoms with Crippen molar-refractivity contribution in [1.82, 2.24) is 10.6 Å². The molecule has 0 rings (SSSR count). The van der Waals surface area contributed by atoms with Crippen LogP contribution >= 0.6 is 0 Å². The third kappa shape index (κ3) is 6.51. The first-order chi connectivity index (χ1) is 6.02. The highest BCUT2D eigenvalue weighted by molar-refractivity contribution is 5.76. The Morgan fingerprint density at radius 1 is 1.54 bits per heavy atom. The second-order valence-corrected chi connectivity index (χ2v) is 3.29. The zero-order valence-electron chi connectivity index (χ0n) is 8.13. The van der Waals surface area contributed by atoms with E-state index < -0.39 is 5.60 Å². The van der Waals surface area contributed by atoms with Crippen molar-refractivity contribution in [3.05, 3.63) is 0 Å². The topological polar surface area (TPSA) is 81.6 Å². The van der Waals surface area contributed by atoms with Crippen molar-refractivity contribution in [2.75, 3.05) is 26.7 Å². The molecule has 5 heteroatoms. The Morgan fingerprint density at radius 2 is 2.15 bits per heavy atom. The van der Waals surface area contributed by atoms with Crippen LogP contribution in [0.4, 0.5) is 0 Å². The Hall–Kier alpha value is -0.650. The average molecular weight is 190 g/mol. The highest BCUT2D eigenvalue weighted by Crippen LogP contribution is 1.98. The monoisotopic (exact) mass is 190 g/mol. The highest BCUT2D eigenvalue weighted by atomic mass is 16.3. The highest BCUT2D eigenvalue weighted by Gasteiger charge is 2.19. The number of rotatable bonds is 6. The van der Waals surface area contributed by atoms with Crippen molar-refractivity contribution >= 4 is 5.91 Å². The minimum Gasteiger partial charge on any atom is -0.393 e. The van der Waals surface area contributed by atoms with Gasteiger partial charge in [0.1, 0.15) is 5.60 Å². The molecule has 1 unspecified atom stereocenters. The van der Waals surface area contributed by atoms with Gasteiger partial charge in [-0.3, -0.25) is 4.79 Å². The predicted octanol–water partition coefficient (Wildman–Crippen LogP) is -1.54. The molecular weight excluding hydrogens is 172 g/mol. The van der Waals surface area contributed by atoms with Crippen LogP contribution in [0.3, 0.4) is 0 Å². The zero-order valence-corrected chi connectivity index (χ0v) is 8.13. The summed E-state index contributed by atoms with van der Waals surface area (Å²) in [4.78, 5) is 11.0. The Kier molecular flexibility index (Phi) is 5.61. The molecule has 1 amide bonds. The lowest BCUT2D eigenvalue weighted by Gasteiger charge is -2.20. The van der Waals surface area contributed by atoms with Gasteiger partial charge in [0, 0.05) is 19.5 Å². The number of aliphatic hydroxyl groups is 2. The number of carbonyl (C=O) groups excluding carboxylic acids is 1. The number of aliphatic hydroxyl groups excluding tert-OH is 1. The molecule has 13 heavy (non-hydrogen) atoms. The van der Waals surface area contributed by atoms with Crippen molar-refractivity contribution in [3.8, 4) is 0 Å². The summed E-state index contributed by atoms with van der Waals surface area (Å²) in [6.45, 7) is 1.78. The maximum absolute atomic E-state index is 11.0. The molecular formula is C8H18N2O3. The van der Waals surface area contributed by atoms with Crippen LogP contribution in [0.5, 0.6) is 0 Å². The third-order valence-corrected chi connectivity index (χ3v) is 1.61. The SMILES string of the molecule is CNCCC(=O)NCC(C)(O)CO. The second kappa shape index (κ2) is 5.90. The van der Waals surface area contributed by atoms with E-state index in [9.17, 15) is 9.90 Å². The molecule has 5 nitrogen and oxygen atoms in total. The summed E-state index contributed by atoms with van der Waals surface area (Å²) in [5, 5.41) is 23.3. The van der Waals surface area contributed by atoms with Gasteiger partial charge in [0.05, 0.1) is 6.61 Å². The molecule has 0 radical (unpaired) electrons. The first kappa shape index (κ1) is 12.3. The van der Waals surface area contributed by atoms with Gasteiger partial charge in [-0.15, -0.1) is 0 Å². The lowest BCUT2D eigenvalue weighted by atomic mass is 10.1. The van der Waals surface area contributed by atoms with Crippen LogP contribution in [-0.2, 0) is 4.79 Å². The fourth-order valence-electron chi connectivity index (χ4n) is 0.672. The fraction of sp³-hybridized carbons (Fsp3) is 0.875. The minimum absolute atomic E-state index is 0.0754. The summed E-state index contributed by atoms with van der Waals surface area (Å²) >= 11 is 0. The molecule has 4 N–H and O–H groups in total. The number of hydrogen-bond donors (Lipinski definition) is 4. The lowest BCUT2D eigenvalue weighted by Crippen LogP contribution is -2.43. The summed E-state index contributed by atoms with van der Waals surface area (Å²) in [6, 6.07) is 0. The number of hydrogen-bond acceptors (Lipinski definition) is 4. The minimum atomic E-state index is -1.23. The van der Waals surface area contributed by atoms with Crippen LogP contribution in [0, 0.1) is 0 Å². The van der Waals surface area contributed by atoms with Crippen LogP contribution in [0.15, 0.2) is 0 Å². The van der Waals surface area contributed by atoms with Gasteiger partial charge in [-0.05, 0) is 14.0 Å². The largest absolute Gasteiger partial charge is 0.393 e. The van der Waals surface area contributed by atoms with Crippen molar-refractivity contribution < 1.29 is 15.0 Å². The van der Waals surface area contributed by atoms with E-state index in [0.717, 1.165) is 0 Å². The number of nitrogens with one attached hydrogen (secondary N) is 2. The van der Waals surface area contributed by atoms with Crippen molar-refractivity contribution in [3.63, 3.8) is 0 Å². The van der Waals surface area contributed by atoms with Crippen LogP contribution < -0.4 is 10.6 Å². The van der Waals surface area contributed by atoms with Gasteiger partial charge in [0.2, 0.25) is 5.91 Å². The van der Waals surface area contributed by atoms with Gasteiger partial charge in [-0.25, -0.2) is 0 Å². The van der Waals surface area contributed by atoms with Gasteiger partial charge < -0.3 is 20.8 Å². The Labute approximate surface area is 78.1 Å². The van der Waals surface area contributed by atoms with Crippen molar-refractivity contribution in [2.45, 2.75) is 18.9 Å². The molecule has 0 aromatic carbocycles. The maximum atomic E-state index is 11.0. The molecule has 0 bridgehead atoms. The predicted molar refractivity (Wildman–Crippen MR) is 49.3 cm³/mol. The lowest BCUT2D eigenvalue weighted by molar-refractivity contribution is -0.122. The molecule has 0 fully saturated rings. The molecule has 0 aliphatic carbocycles. The molecule has 78 valence electrons. The molecule has 0 saturated heterocycles. The Morgan fingerprint density at radius 3 is 2.62 bits per heavy atom. The van der Waals surface area contributed by atoms with Gasteiger partial charge in [-0.1, -0.05) is 0 Å². The Balaban J connectivity index is 3.57. The van der Waals surface area contributed by atoms with Crippen molar-refractivity contribution in [1.29, 1.82) is 0 Å². The molecule has 0 aliphatic rings. The van der Waals surface area contributed by atoms with Gasteiger partial charge in [0.15, 0.2) is 0 Å². The Bertz CT molecular complexity index is 159. The van der Waals surface area contributed by atoms with Crippen LogP contribution in [0.25, 0.3) is 0 Å². The van der Waals surface area contributed by atoms with Crippen LogP contribution in [-0.4, -0.2) is 48.5 Å². The van der Waals surface area contributed by atoms with Gasteiger partial charge in [-0.2, -0.15) is 0 Å². The molecule has 0 saturated carbocycles. The quantitative estimate of drug-likeness (QED) is 0.409. The van der Waals surface area contributed by atoms with E-state index in [1.54, 1.807) is 7.05 Å². The smallest absolute Gasteiger partial charge is 0.221 e. The molecule has 0 aliphatic heterocycles. The average Bonchev–Trinajstić information content (AvgIpc) is 2.11. The van der Waals surface area contributed by atoms with Crippen molar-refractivity contribution in [2.24, 2.45) is 0 Å². The van der Waals surface area contributed by atoms with Gasteiger partial charge in [0.25, 0.3) is 0 Å². The van der Waals surface area contributed by atoms with E-state index >= 15 is 0 Å². The van der Waals surface area contributed by atoms with Gasteiger partial charge >= 0.3 is 0 Å². The molecule has 0 heterocycles. The summed E-state index contributed by atoms with van der Waals surface area (Å²) in [5.74, 6) is -0.136. The first-order valence-electron chi connectivity index (χ1n) is 4.26. The van der Waals surface area contributed by atoms with Crippen LogP contribution in [0.1, 0.15) is 13.3 Å². The standard InChI is InChI=1S/C8H18N2O3/c1-8(13,6-11)5-10-7(12)3-4-9-2/h9,11,13H,3-6H2,1-2H3,(H,10,12). The van der Waals surface area contributed by atoms with E-state index in [1.165, 1.54) is 6.92 Å². The van der Waals surface area contributed by atoms with E-state index in [0.29, 0.717) is 13.0 Å². The summed E-state index contributed by atoms with van der Waals surface area (Å²) in [5.41, 5.74) is -1.23.